The molecule has 0 saturated carbocycles. The van der Waals surface area contributed by atoms with Gasteiger partial charge in [-0.05, 0) is 39.4 Å². The Balaban J connectivity index is 2.37. The SMILES string of the molecule is CC(C)C1(c2c(Cl)cnn2CCN(C)C)CCCCCN1. The van der Waals surface area contributed by atoms with E-state index in [4.69, 9.17) is 11.6 Å². The molecule has 1 N–H and O–H groups in total. The maximum absolute atomic E-state index is 6.54. The van der Waals surface area contributed by atoms with Gasteiger partial charge in [-0.15, -0.1) is 0 Å². The Morgan fingerprint density at radius 1 is 1.38 bits per heavy atom. The first-order chi connectivity index (χ1) is 9.97. The molecule has 21 heavy (non-hydrogen) atoms. The quantitative estimate of drug-likeness (QED) is 0.907. The van der Waals surface area contributed by atoms with Crippen LogP contribution in [0.15, 0.2) is 6.20 Å². The van der Waals surface area contributed by atoms with E-state index in [1.54, 1.807) is 0 Å². The lowest BCUT2D eigenvalue weighted by Gasteiger charge is -2.39. The van der Waals surface area contributed by atoms with Crippen molar-refractivity contribution < 1.29 is 0 Å². The molecule has 1 saturated heterocycles. The Morgan fingerprint density at radius 2 is 2.14 bits per heavy atom. The van der Waals surface area contributed by atoms with Gasteiger partial charge in [0.1, 0.15) is 0 Å². The Labute approximate surface area is 133 Å². The highest BCUT2D eigenvalue weighted by atomic mass is 35.5. The molecule has 120 valence electrons. The van der Waals surface area contributed by atoms with Crippen molar-refractivity contribution in [3.05, 3.63) is 16.9 Å². The summed E-state index contributed by atoms with van der Waals surface area (Å²) >= 11 is 6.54. The fourth-order valence-corrected chi connectivity index (χ4v) is 3.65. The van der Waals surface area contributed by atoms with Gasteiger partial charge in [0, 0.05) is 6.54 Å². The molecule has 5 heteroatoms. The summed E-state index contributed by atoms with van der Waals surface area (Å²) < 4.78 is 2.11. The summed E-state index contributed by atoms with van der Waals surface area (Å²) in [7, 11) is 4.18. The van der Waals surface area contributed by atoms with Gasteiger partial charge in [-0.3, -0.25) is 4.68 Å². The summed E-state index contributed by atoms with van der Waals surface area (Å²) in [6.45, 7) is 7.49. The molecule has 2 rings (SSSR count). The van der Waals surface area contributed by atoms with Gasteiger partial charge in [-0.25, -0.2) is 0 Å². The zero-order valence-electron chi connectivity index (χ0n) is 13.8. The molecule has 0 radical (unpaired) electrons. The minimum Gasteiger partial charge on any atom is -0.308 e. The Morgan fingerprint density at radius 3 is 2.81 bits per heavy atom. The van der Waals surface area contributed by atoms with Crippen LogP contribution in [0.2, 0.25) is 5.02 Å². The normalized spacial score (nSPS) is 23.8. The maximum Gasteiger partial charge on any atom is 0.0837 e. The van der Waals surface area contributed by atoms with Crippen molar-refractivity contribution in [2.24, 2.45) is 5.92 Å². The van der Waals surface area contributed by atoms with E-state index in [0.29, 0.717) is 5.92 Å². The van der Waals surface area contributed by atoms with Gasteiger partial charge >= 0.3 is 0 Å². The fourth-order valence-electron chi connectivity index (χ4n) is 3.34. The van der Waals surface area contributed by atoms with Gasteiger partial charge < -0.3 is 10.2 Å². The van der Waals surface area contributed by atoms with Crippen LogP contribution in [0, 0.1) is 5.92 Å². The summed E-state index contributed by atoms with van der Waals surface area (Å²) in [5.41, 5.74) is 1.14. The van der Waals surface area contributed by atoms with Gasteiger partial charge in [0.15, 0.2) is 0 Å². The molecule has 0 amide bonds. The van der Waals surface area contributed by atoms with Crippen LogP contribution < -0.4 is 5.32 Å². The number of halogens is 1. The molecule has 1 aromatic heterocycles. The highest BCUT2D eigenvalue weighted by Crippen LogP contribution is 2.39. The average Bonchev–Trinajstić information content (AvgIpc) is 2.64. The van der Waals surface area contributed by atoms with E-state index in [2.05, 4.69) is 47.9 Å². The first-order valence-electron chi connectivity index (χ1n) is 8.09. The zero-order valence-corrected chi connectivity index (χ0v) is 14.6. The third-order valence-electron chi connectivity index (χ3n) is 4.65. The smallest absolute Gasteiger partial charge is 0.0837 e. The predicted octanol–water partition coefficient (Wildman–Crippen LogP) is 3.11. The van der Waals surface area contributed by atoms with Gasteiger partial charge in [-0.1, -0.05) is 38.3 Å². The van der Waals surface area contributed by atoms with Crippen LogP contribution in [0.5, 0.6) is 0 Å². The van der Waals surface area contributed by atoms with Crippen molar-refractivity contribution in [1.29, 1.82) is 0 Å². The molecule has 0 spiro atoms. The van der Waals surface area contributed by atoms with Crippen LogP contribution in [0.1, 0.15) is 45.2 Å². The highest BCUT2D eigenvalue weighted by molar-refractivity contribution is 6.31. The van der Waals surface area contributed by atoms with Crippen LogP contribution in [-0.2, 0) is 12.1 Å². The lowest BCUT2D eigenvalue weighted by atomic mass is 9.79. The van der Waals surface area contributed by atoms with Gasteiger partial charge in [0.2, 0.25) is 0 Å². The monoisotopic (exact) mass is 312 g/mol. The summed E-state index contributed by atoms with van der Waals surface area (Å²) in [6, 6.07) is 0. The Kier molecular flexibility index (Phi) is 5.69. The van der Waals surface area contributed by atoms with Gasteiger partial charge in [0.25, 0.3) is 0 Å². The highest BCUT2D eigenvalue weighted by Gasteiger charge is 2.40. The van der Waals surface area contributed by atoms with Crippen LogP contribution in [-0.4, -0.2) is 41.9 Å². The largest absolute Gasteiger partial charge is 0.308 e. The molecular formula is C16H29ClN4. The van der Waals surface area contributed by atoms with E-state index in [0.717, 1.165) is 31.1 Å². The van der Waals surface area contributed by atoms with E-state index in [-0.39, 0.29) is 5.54 Å². The van der Waals surface area contributed by atoms with Crippen molar-refractivity contribution in [3.63, 3.8) is 0 Å². The molecule has 0 aromatic carbocycles. The summed E-state index contributed by atoms with van der Waals surface area (Å²) in [4.78, 5) is 2.18. The summed E-state index contributed by atoms with van der Waals surface area (Å²) in [6.07, 6.45) is 6.74. The average molecular weight is 313 g/mol. The van der Waals surface area contributed by atoms with E-state index < -0.39 is 0 Å². The molecule has 1 aromatic rings. The lowest BCUT2D eigenvalue weighted by molar-refractivity contribution is 0.210. The van der Waals surface area contributed by atoms with Crippen LogP contribution >= 0.6 is 11.6 Å². The van der Waals surface area contributed by atoms with Crippen LogP contribution in [0.25, 0.3) is 0 Å². The standard InChI is InChI=1S/C16H29ClN4/c1-13(2)16(8-6-5-7-9-18-16)15-14(17)12-19-21(15)11-10-20(3)4/h12-13,18H,5-11H2,1-4H3. The summed E-state index contributed by atoms with van der Waals surface area (Å²) in [5.74, 6) is 0.489. The molecule has 0 bridgehead atoms. The van der Waals surface area contributed by atoms with Crippen molar-refractivity contribution in [2.75, 3.05) is 27.2 Å². The number of nitrogens with zero attached hydrogens (tertiary/aromatic N) is 3. The molecule has 2 heterocycles. The summed E-state index contributed by atoms with van der Waals surface area (Å²) in [5, 5.41) is 9.15. The molecule has 4 nitrogen and oxygen atoms in total. The second-order valence-electron chi connectivity index (χ2n) is 6.73. The maximum atomic E-state index is 6.54. The molecule has 0 aliphatic carbocycles. The van der Waals surface area contributed by atoms with Crippen LogP contribution in [0.4, 0.5) is 0 Å². The fraction of sp³-hybridized carbons (Fsp3) is 0.812. The number of nitrogens with one attached hydrogen (secondary N) is 1. The third-order valence-corrected chi connectivity index (χ3v) is 4.93. The number of hydrogen-bond donors (Lipinski definition) is 1. The van der Waals surface area contributed by atoms with E-state index >= 15 is 0 Å². The predicted molar refractivity (Wildman–Crippen MR) is 88.8 cm³/mol. The van der Waals surface area contributed by atoms with Crippen molar-refractivity contribution >= 4 is 11.6 Å². The molecule has 1 unspecified atom stereocenters. The first kappa shape index (κ1) is 16.8. The second kappa shape index (κ2) is 7.12. The lowest BCUT2D eigenvalue weighted by Crippen LogP contribution is -2.48. The van der Waals surface area contributed by atoms with Crippen molar-refractivity contribution in [3.8, 4) is 0 Å². The van der Waals surface area contributed by atoms with Gasteiger partial charge in [0.05, 0.1) is 29.0 Å². The molecule has 1 aliphatic rings. The van der Waals surface area contributed by atoms with E-state index in [9.17, 15) is 0 Å². The van der Waals surface area contributed by atoms with Gasteiger partial charge in [-0.2, -0.15) is 5.10 Å². The van der Waals surface area contributed by atoms with E-state index in [1.807, 2.05) is 6.20 Å². The number of likely N-dealkylation sites (N-methyl/N-ethyl adjacent to an activating group) is 1. The number of aromatic nitrogens is 2. The zero-order chi connectivity index (χ0) is 15.5. The van der Waals surface area contributed by atoms with E-state index in [1.165, 1.54) is 25.0 Å². The minimum absolute atomic E-state index is 0.0452. The molecular weight excluding hydrogens is 284 g/mol. The minimum atomic E-state index is -0.0452. The van der Waals surface area contributed by atoms with Crippen molar-refractivity contribution in [1.82, 2.24) is 20.0 Å². The third kappa shape index (κ3) is 3.61. The van der Waals surface area contributed by atoms with Crippen molar-refractivity contribution in [2.45, 2.75) is 51.6 Å². The Hall–Kier alpha value is -0.580. The topological polar surface area (TPSA) is 33.1 Å². The Bertz CT molecular complexity index is 445. The number of hydrogen-bond acceptors (Lipinski definition) is 3. The molecule has 1 aliphatic heterocycles. The van der Waals surface area contributed by atoms with Crippen LogP contribution in [0.3, 0.4) is 0 Å². The molecule has 1 atom stereocenters. The number of rotatable bonds is 5. The molecule has 1 fully saturated rings. The second-order valence-corrected chi connectivity index (χ2v) is 7.14. The first-order valence-corrected chi connectivity index (χ1v) is 8.46.